The number of nitrogens with zero attached hydrogens (tertiary/aromatic N) is 1. The second kappa shape index (κ2) is 13.2. The minimum Gasteiger partial charge on any atom is -0.399 e. The lowest BCUT2D eigenvalue weighted by Crippen LogP contribution is -2.41. The highest BCUT2D eigenvalue weighted by Crippen LogP contribution is 2.52. The van der Waals surface area contributed by atoms with E-state index in [0.29, 0.717) is 0 Å². The van der Waals surface area contributed by atoms with E-state index in [-0.39, 0.29) is 5.41 Å². The van der Waals surface area contributed by atoms with Gasteiger partial charge in [0.15, 0.2) is 0 Å². The molecule has 5 nitrogen and oxygen atoms in total. The second-order valence-electron chi connectivity index (χ2n) is 19.1. The molecule has 3 aliphatic rings. The fraction of sp³-hybridized carbons (Fsp3) is 0.294. The van der Waals surface area contributed by atoms with Crippen molar-refractivity contribution < 1.29 is 18.6 Å². The van der Waals surface area contributed by atoms with Crippen LogP contribution in [-0.4, -0.2) is 36.6 Å². The zero-order valence-corrected chi connectivity index (χ0v) is 36.6. The Kier molecular flexibility index (Phi) is 8.58. The summed E-state index contributed by atoms with van der Waals surface area (Å²) in [5, 5.41) is 2.65. The van der Waals surface area contributed by atoms with Gasteiger partial charge < -0.3 is 23.5 Å². The van der Waals surface area contributed by atoms with Gasteiger partial charge in [-0.25, -0.2) is 0 Å². The van der Waals surface area contributed by atoms with Crippen molar-refractivity contribution in [2.24, 2.45) is 0 Å². The fourth-order valence-corrected chi connectivity index (χ4v) is 10.2. The predicted molar refractivity (Wildman–Crippen MR) is 248 cm³/mol. The summed E-state index contributed by atoms with van der Waals surface area (Å²) in [5.41, 5.74) is 11.1. The van der Waals surface area contributed by atoms with E-state index in [4.69, 9.17) is 18.6 Å². The second-order valence-corrected chi connectivity index (χ2v) is 20.1. The predicted octanol–water partition coefficient (Wildman–Crippen LogP) is 12.1. The summed E-state index contributed by atoms with van der Waals surface area (Å²) >= 11 is 1.89. The van der Waals surface area contributed by atoms with E-state index in [1.807, 2.05) is 11.3 Å². The Hall–Kier alpha value is -4.69. The first-order valence-electron chi connectivity index (χ1n) is 20.9. The number of rotatable bonds is 6. The number of anilines is 3. The van der Waals surface area contributed by atoms with Gasteiger partial charge in [0.2, 0.25) is 0 Å². The minimum atomic E-state index is -0.434. The molecule has 0 atom stereocenters. The maximum atomic E-state index is 6.43. The van der Waals surface area contributed by atoms with Crippen LogP contribution >= 0.6 is 11.3 Å². The third-order valence-electron chi connectivity index (χ3n) is 14.0. The summed E-state index contributed by atoms with van der Waals surface area (Å²) in [6.07, 6.45) is 0. The lowest BCUT2D eigenvalue weighted by molar-refractivity contribution is 0.00578. The first-order chi connectivity index (χ1) is 27.9. The molecular weight excluding hydrogens is 744 g/mol. The summed E-state index contributed by atoms with van der Waals surface area (Å²) in [6.45, 7) is 21.5. The van der Waals surface area contributed by atoms with Gasteiger partial charge in [-0.15, -0.1) is 11.3 Å². The van der Waals surface area contributed by atoms with Crippen LogP contribution in [0.1, 0.15) is 80.4 Å². The van der Waals surface area contributed by atoms with Crippen LogP contribution in [0, 0.1) is 0 Å². The van der Waals surface area contributed by atoms with Crippen molar-refractivity contribution in [2.45, 2.75) is 97.1 Å². The van der Waals surface area contributed by atoms with E-state index in [2.05, 4.69) is 202 Å². The molecule has 0 radical (unpaired) electrons. The van der Waals surface area contributed by atoms with E-state index in [1.54, 1.807) is 0 Å². The number of benzene rings is 6. The maximum absolute atomic E-state index is 6.43. The van der Waals surface area contributed by atoms with E-state index >= 15 is 0 Å². The van der Waals surface area contributed by atoms with Gasteiger partial charge in [-0.1, -0.05) is 92.7 Å². The third kappa shape index (κ3) is 6.05. The van der Waals surface area contributed by atoms with E-state index in [0.717, 1.165) is 28.0 Å². The molecule has 7 aromatic rings. The Labute approximate surface area is 353 Å². The molecule has 2 saturated heterocycles. The zero-order chi connectivity index (χ0) is 41.3. The summed E-state index contributed by atoms with van der Waals surface area (Å²) in [6, 6.07) is 46.8. The Bertz CT molecular complexity index is 2680. The summed E-state index contributed by atoms with van der Waals surface area (Å²) in [4.78, 5) is 2.34. The number of hydrogen-bond donors (Lipinski definition) is 0. The average Bonchev–Trinajstić information content (AvgIpc) is 3.84. The topological polar surface area (TPSA) is 40.2 Å². The molecule has 0 saturated carbocycles. The van der Waals surface area contributed by atoms with Crippen LogP contribution in [0.25, 0.3) is 42.4 Å². The van der Waals surface area contributed by atoms with Crippen LogP contribution in [0.4, 0.5) is 17.1 Å². The number of hydrogen-bond acceptors (Lipinski definition) is 6. The van der Waals surface area contributed by atoms with Gasteiger partial charge in [-0.2, -0.15) is 0 Å². The van der Waals surface area contributed by atoms with Crippen LogP contribution in [0.2, 0.25) is 0 Å². The van der Waals surface area contributed by atoms with Crippen LogP contribution < -0.4 is 15.8 Å². The van der Waals surface area contributed by atoms with Crippen molar-refractivity contribution in [1.82, 2.24) is 0 Å². The highest BCUT2D eigenvalue weighted by atomic mass is 32.1. The first kappa shape index (κ1) is 38.5. The van der Waals surface area contributed by atoms with Crippen molar-refractivity contribution in [3.05, 3.63) is 139 Å². The quantitative estimate of drug-likeness (QED) is 0.157. The van der Waals surface area contributed by atoms with Gasteiger partial charge in [-0.05, 0) is 148 Å². The van der Waals surface area contributed by atoms with Gasteiger partial charge in [0.25, 0.3) is 0 Å². The van der Waals surface area contributed by atoms with Crippen LogP contribution in [0.3, 0.4) is 0 Å². The fourth-order valence-electron chi connectivity index (χ4n) is 8.97. The first-order valence-corrected chi connectivity index (χ1v) is 21.7. The van der Waals surface area contributed by atoms with Crippen molar-refractivity contribution in [3.8, 4) is 22.3 Å². The molecule has 1 aliphatic carbocycles. The molecule has 10 rings (SSSR count). The molecule has 0 spiro atoms. The molecule has 2 aliphatic heterocycles. The van der Waals surface area contributed by atoms with E-state index in [9.17, 15) is 0 Å². The molecule has 0 N–H and O–H groups in total. The van der Waals surface area contributed by atoms with Gasteiger partial charge in [-0.3, -0.25) is 0 Å². The molecule has 59 heavy (non-hydrogen) atoms. The highest BCUT2D eigenvalue weighted by Gasteiger charge is 2.53. The van der Waals surface area contributed by atoms with Crippen molar-refractivity contribution >= 4 is 73.7 Å². The monoisotopic (exact) mass is 795 g/mol. The summed E-state index contributed by atoms with van der Waals surface area (Å²) < 4.78 is 28.4. The third-order valence-corrected chi connectivity index (χ3v) is 15.2. The van der Waals surface area contributed by atoms with E-state index < -0.39 is 36.6 Å². The molecule has 8 heteroatoms. The lowest BCUT2D eigenvalue weighted by Gasteiger charge is -2.32. The van der Waals surface area contributed by atoms with Crippen LogP contribution in [-0.2, 0) is 24.0 Å². The Morgan fingerprint density at radius 1 is 0.441 bits per heavy atom. The molecule has 0 unspecified atom stereocenters. The van der Waals surface area contributed by atoms with Crippen molar-refractivity contribution in [3.63, 3.8) is 0 Å². The molecule has 0 bridgehead atoms. The zero-order valence-electron chi connectivity index (χ0n) is 35.8. The van der Waals surface area contributed by atoms with E-state index in [1.165, 1.54) is 53.6 Å². The molecular formula is C51H51B2NO4S. The highest BCUT2D eigenvalue weighted by molar-refractivity contribution is 7.26. The normalized spacial score (nSPS) is 19.4. The van der Waals surface area contributed by atoms with Crippen LogP contribution in [0.5, 0.6) is 0 Å². The Morgan fingerprint density at radius 2 is 0.915 bits per heavy atom. The smallest absolute Gasteiger partial charge is 0.399 e. The molecule has 6 aromatic carbocycles. The minimum absolute atomic E-state index is 0.225. The number of fused-ring (bicyclic) bond motifs is 6. The summed E-state index contributed by atoms with van der Waals surface area (Å²) in [7, 11) is -0.867. The molecule has 2 fully saturated rings. The van der Waals surface area contributed by atoms with Crippen molar-refractivity contribution in [2.75, 3.05) is 4.90 Å². The molecule has 0 amide bonds. The lowest BCUT2D eigenvalue weighted by atomic mass is 9.79. The number of thiophene rings is 1. The molecule has 1 aromatic heterocycles. The maximum Gasteiger partial charge on any atom is 0.494 e. The van der Waals surface area contributed by atoms with Gasteiger partial charge in [0.1, 0.15) is 0 Å². The molecule has 3 heterocycles. The standard InChI is InChI=1S/C51H51B2NO4S/c1-47(2)43-30-32(38-15-13-16-42-41-14-11-12-17-45(41)59-46(38)42)18-28-39(43)40-29-27-37(31-44(40)47)54(35-23-19-33(20-24-35)52-55-48(3,4)49(5,6)56-52)36-25-21-34(22-26-36)53-57-50(7,8)51(9,10)58-53/h11-31H,1-10H3. The van der Waals surface area contributed by atoms with Crippen LogP contribution in [0.15, 0.2) is 127 Å². The van der Waals surface area contributed by atoms with Gasteiger partial charge in [0, 0.05) is 42.6 Å². The van der Waals surface area contributed by atoms with Gasteiger partial charge in [0.05, 0.1) is 22.4 Å². The Balaban J connectivity index is 1.03. The SMILES string of the molecule is CC1(C)c2cc(-c3cccc4c3sc3ccccc34)ccc2-c2ccc(N(c3ccc(B4OC(C)(C)C(C)(C)O4)cc3)c3ccc(B4OC(C)(C)C(C)(C)O4)cc3)cc21. The average molecular weight is 796 g/mol. The molecule has 296 valence electrons. The van der Waals surface area contributed by atoms with Gasteiger partial charge >= 0.3 is 14.2 Å². The largest absolute Gasteiger partial charge is 0.494 e. The van der Waals surface area contributed by atoms with Crippen molar-refractivity contribution in [1.29, 1.82) is 0 Å². The summed E-state index contributed by atoms with van der Waals surface area (Å²) in [5.74, 6) is 0. The Morgan fingerprint density at radius 3 is 1.47 bits per heavy atom.